The smallest absolute Gasteiger partial charge is 0.127 e. The molecule has 1 aromatic rings. The van der Waals surface area contributed by atoms with E-state index < -0.39 is 0 Å². The van der Waals surface area contributed by atoms with Crippen molar-refractivity contribution in [1.29, 1.82) is 5.26 Å². The molecule has 0 bridgehead atoms. The fourth-order valence-corrected chi connectivity index (χ4v) is 1.90. The van der Waals surface area contributed by atoms with E-state index >= 15 is 0 Å². The van der Waals surface area contributed by atoms with Gasteiger partial charge in [0.05, 0.1) is 12.5 Å². The van der Waals surface area contributed by atoms with E-state index in [0.717, 1.165) is 17.7 Å². The first kappa shape index (κ1) is 9.08. The number of fused-ring (bicyclic) bond motifs is 1. The lowest BCUT2D eigenvalue weighted by atomic mass is 10.00. The van der Waals surface area contributed by atoms with Gasteiger partial charge in [-0.15, -0.1) is 0 Å². The highest BCUT2D eigenvalue weighted by atomic mass is 16.5. The van der Waals surface area contributed by atoms with Gasteiger partial charge >= 0.3 is 0 Å². The first-order valence-corrected chi connectivity index (χ1v) is 4.79. The van der Waals surface area contributed by atoms with Crippen molar-refractivity contribution in [3.63, 3.8) is 0 Å². The van der Waals surface area contributed by atoms with Crippen LogP contribution in [0.3, 0.4) is 0 Å². The molecule has 14 heavy (non-hydrogen) atoms. The van der Waals surface area contributed by atoms with Gasteiger partial charge < -0.3 is 4.74 Å². The van der Waals surface area contributed by atoms with Gasteiger partial charge in [-0.05, 0) is 19.4 Å². The predicted octanol–water partition coefficient (Wildman–Crippen LogP) is 2.47. The van der Waals surface area contributed by atoms with Crippen LogP contribution in [0, 0.1) is 11.3 Å². The minimum Gasteiger partial charge on any atom is -0.487 e. The molecule has 0 aliphatic carbocycles. The van der Waals surface area contributed by atoms with Crippen molar-refractivity contribution >= 4 is 0 Å². The zero-order valence-corrected chi connectivity index (χ0v) is 8.50. The molecule has 0 unspecified atom stereocenters. The molecule has 0 spiro atoms. The molecular weight excluding hydrogens is 174 g/mol. The van der Waals surface area contributed by atoms with Crippen molar-refractivity contribution < 1.29 is 4.74 Å². The Morgan fingerprint density at radius 2 is 2.29 bits per heavy atom. The van der Waals surface area contributed by atoms with Crippen molar-refractivity contribution in [2.24, 2.45) is 0 Å². The molecule has 72 valence electrons. The van der Waals surface area contributed by atoms with E-state index in [1.54, 1.807) is 0 Å². The average molecular weight is 187 g/mol. The summed E-state index contributed by atoms with van der Waals surface area (Å²) in [6.07, 6.45) is 1.36. The van der Waals surface area contributed by atoms with Crippen LogP contribution < -0.4 is 4.74 Å². The second kappa shape index (κ2) is 3.02. The summed E-state index contributed by atoms with van der Waals surface area (Å²) in [6.45, 7) is 4.15. The lowest BCUT2D eigenvalue weighted by Gasteiger charge is -2.17. The summed E-state index contributed by atoms with van der Waals surface area (Å²) in [5, 5.41) is 8.68. The van der Waals surface area contributed by atoms with E-state index in [4.69, 9.17) is 10.00 Å². The van der Waals surface area contributed by atoms with Crippen LogP contribution in [-0.2, 0) is 12.8 Å². The van der Waals surface area contributed by atoms with Crippen LogP contribution >= 0.6 is 0 Å². The minimum absolute atomic E-state index is 0.117. The molecule has 1 heterocycles. The van der Waals surface area contributed by atoms with E-state index in [1.807, 2.05) is 12.1 Å². The van der Waals surface area contributed by atoms with Crippen molar-refractivity contribution in [1.82, 2.24) is 0 Å². The average Bonchev–Trinajstić information content (AvgIpc) is 2.41. The summed E-state index contributed by atoms with van der Waals surface area (Å²) in [6, 6.07) is 8.19. The topological polar surface area (TPSA) is 33.0 Å². The summed E-state index contributed by atoms with van der Waals surface area (Å²) in [7, 11) is 0. The largest absolute Gasteiger partial charge is 0.487 e. The van der Waals surface area contributed by atoms with Crippen LogP contribution in [0.1, 0.15) is 25.0 Å². The van der Waals surface area contributed by atoms with E-state index in [0.29, 0.717) is 6.42 Å². The highest BCUT2D eigenvalue weighted by Gasteiger charge is 2.31. The molecule has 1 aliphatic rings. The maximum atomic E-state index is 8.68. The third kappa shape index (κ3) is 1.46. The van der Waals surface area contributed by atoms with Gasteiger partial charge in [0.1, 0.15) is 11.4 Å². The molecule has 0 N–H and O–H groups in total. The normalized spacial score (nSPS) is 16.9. The van der Waals surface area contributed by atoms with Crippen LogP contribution in [0.25, 0.3) is 0 Å². The Bertz CT molecular complexity index is 401. The Hall–Kier alpha value is -1.49. The molecule has 0 saturated heterocycles. The minimum atomic E-state index is -0.117. The SMILES string of the molecule is CC1(C)Cc2cccc(CC#N)c2O1. The highest BCUT2D eigenvalue weighted by molar-refractivity contribution is 5.46. The first-order valence-electron chi connectivity index (χ1n) is 4.79. The summed E-state index contributed by atoms with van der Waals surface area (Å²) in [5.41, 5.74) is 2.12. The Balaban J connectivity index is 2.42. The van der Waals surface area contributed by atoms with E-state index in [1.165, 1.54) is 5.56 Å². The standard InChI is InChI=1S/C12H13NO/c1-12(2)8-10-5-3-4-9(6-7-13)11(10)14-12/h3-5H,6,8H2,1-2H3. The third-order valence-corrected chi connectivity index (χ3v) is 2.44. The van der Waals surface area contributed by atoms with E-state index in [-0.39, 0.29) is 5.60 Å². The molecule has 0 radical (unpaired) electrons. The van der Waals surface area contributed by atoms with Crippen LogP contribution in [0.15, 0.2) is 18.2 Å². The van der Waals surface area contributed by atoms with Gasteiger partial charge in [-0.2, -0.15) is 5.26 Å². The van der Waals surface area contributed by atoms with Crippen LogP contribution in [0.4, 0.5) is 0 Å². The summed E-state index contributed by atoms with van der Waals surface area (Å²) < 4.78 is 5.83. The summed E-state index contributed by atoms with van der Waals surface area (Å²) >= 11 is 0. The molecule has 0 amide bonds. The number of nitriles is 1. The first-order chi connectivity index (χ1) is 6.62. The quantitative estimate of drug-likeness (QED) is 0.676. The number of ether oxygens (including phenoxy) is 1. The lowest BCUT2D eigenvalue weighted by Crippen LogP contribution is -2.24. The number of hydrogen-bond acceptors (Lipinski definition) is 2. The van der Waals surface area contributed by atoms with Crippen molar-refractivity contribution in [3.8, 4) is 11.8 Å². The van der Waals surface area contributed by atoms with Gasteiger partial charge in [-0.1, -0.05) is 18.2 Å². The van der Waals surface area contributed by atoms with Crippen molar-refractivity contribution in [3.05, 3.63) is 29.3 Å². The Morgan fingerprint density at radius 1 is 1.50 bits per heavy atom. The molecular formula is C12H13NO. The summed E-state index contributed by atoms with van der Waals surface area (Å²) in [4.78, 5) is 0. The maximum Gasteiger partial charge on any atom is 0.127 e. The van der Waals surface area contributed by atoms with Gasteiger partial charge in [0.2, 0.25) is 0 Å². The number of benzene rings is 1. The molecule has 0 fully saturated rings. The number of nitrogens with zero attached hydrogens (tertiary/aromatic N) is 1. The summed E-state index contributed by atoms with van der Waals surface area (Å²) in [5.74, 6) is 0.930. The van der Waals surface area contributed by atoms with Crippen LogP contribution in [-0.4, -0.2) is 5.60 Å². The van der Waals surface area contributed by atoms with E-state index in [9.17, 15) is 0 Å². The molecule has 0 saturated carbocycles. The fraction of sp³-hybridized carbons (Fsp3) is 0.417. The van der Waals surface area contributed by atoms with Gasteiger partial charge in [-0.25, -0.2) is 0 Å². The van der Waals surface area contributed by atoms with Crippen molar-refractivity contribution in [2.75, 3.05) is 0 Å². The van der Waals surface area contributed by atoms with Gasteiger partial charge in [0.25, 0.3) is 0 Å². The molecule has 2 heteroatoms. The van der Waals surface area contributed by atoms with Gasteiger partial charge in [0, 0.05) is 12.0 Å². The van der Waals surface area contributed by atoms with Crippen LogP contribution in [0.5, 0.6) is 5.75 Å². The molecule has 0 atom stereocenters. The predicted molar refractivity (Wildman–Crippen MR) is 54.2 cm³/mol. The lowest BCUT2D eigenvalue weighted by molar-refractivity contribution is 0.137. The number of hydrogen-bond donors (Lipinski definition) is 0. The molecule has 1 aliphatic heterocycles. The molecule has 1 aromatic carbocycles. The monoisotopic (exact) mass is 187 g/mol. The Morgan fingerprint density at radius 3 is 3.00 bits per heavy atom. The zero-order chi connectivity index (χ0) is 10.2. The van der Waals surface area contributed by atoms with Gasteiger partial charge in [0.15, 0.2) is 0 Å². The van der Waals surface area contributed by atoms with Gasteiger partial charge in [-0.3, -0.25) is 0 Å². The van der Waals surface area contributed by atoms with Crippen LogP contribution in [0.2, 0.25) is 0 Å². The second-order valence-corrected chi connectivity index (χ2v) is 4.28. The fourth-order valence-electron chi connectivity index (χ4n) is 1.90. The molecule has 0 aromatic heterocycles. The van der Waals surface area contributed by atoms with Crippen molar-refractivity contribution in [2.45, 2.75) is 32.3 Å². The Labute approximate surface area is 84.1 Å². The number of rotatable bonds is 1. The highest BCUT2D eigenvalue weighted by Crippen LogP contribution is 2.37. The Kier molecular flexibility index (Phi) is 1.96. The maximum absolute atomic E-state index is 8.68. The second-order valence-electron chi connectivity index (χ2n) is 4.28. The number of para-hydroxylation sites is 1. The zero-order valence-electron chi connectivity index (χ0n) is 8.50. The molecule has 2 rings (SSSR count). The van der Waals surface area contributed by atoms with E-state index in [2.05, 4.69) is 26.0 Å². The third-order valence-electron chi connectivity index (χ3n) is 2.44. The molecule has 2 nitrogen and oxygen atoms in total.